The van der Waals surface area contributed by atoms with E-state index < -0.39 is 11.5 Å². The van der Waals surface area contributed by atoms with Crippen molar-refractivity contribution in [3.63, 3.8) is 0 Å². The van der Waals surface area contributed by atoms with Gasteiger partial charge in [0, 0.05) is 0 Å². The Balaban J connectivity index is 2.05. The number of carbonyl (C=O) groups excluding carboxylic acids is 1. The van der Waals surface area contributed by atoms with Crippen molar-refractivity contribution in [1.29, 1.82) is 0 Å². The number of aliphatic carboxylic acids is 1. The van der Waals surface area contributed by atoms with Gasteiger partial charge >= 0.3 is 5.97 Å². The lowest BCUT2D eigenvalue weighted by Gasteiger charge is -2.28. The molecule has 1 aromatic heterocycles. The van der Waals surface area contributed by atoms with Gasteiger partial charge in [-0.15, -0.1) is 11.3 Å². The van der Waals surface area contributed by atoms with Gasteiger partial charge in [-0.2, -0.15) is 0 Å². The molecule has 1 amide bonds. The number of hydrogen-bond donors (Lipinski definition) is 2. The van der Waals surface area contributed by atoms with Crippen LogP contribution in [-0.2, 0) is 11.2 Å². The maximum atomic E-state index is 12.3. The zero-order valence-electron chi connectivity index (χ0n) is 11.6. The van der Waals surface area contributed by atoms with Gasteiger partial charge in [-0.1, -0.05) is 19.8 Å². The number of aromatic nitrogens is 1. The summed E-state index contributed by atoms with van der Waals surface area (Å²) in [7, 11) is 0. The van der Waals surface area contributed by atoms with Crippen LogP contribution in [0.25, 0.3) is 0 Å². The van der Waals surface area contributed by atoms with E-state index in [0.29, 0.717) is 4.88 Å². The highest BCUT2D eigenvalue weighted by Gasteiger charge is 2.37. The molecule has 5 nitrogen and oxygen atoms in total. The second-order valence-corrected chi connectivity index (χ2v) is 6.50. The standard InChI is InChI=1S/C14H20N2O3S/c1-2-5-11-15-9-10(20-11)13(19)16-14(8-12(17)18)6-3-4-7-14/h9H,2-8H2,1H3,(H,16,19)(H,17,18). The Morgan fingerprint density at radius 1 is 1.45 bits per heavy atom. The van der Waals surface area contributed by atoms with Gasteiger partial charge in [-0.05, 0) is 25.7 Å². The molecule has 0 spiro atoms. The van der Waals surface area contributed by atoms with E-state index in [1.807, 2.05) is 0 Å². The molecule has 0 radical (unpaired) electrons. The predicted molar refractivity (Wildman–Crippen MR) is 77.0 cm³/mol. The van der Waals surface area contributed by atoms with Gasteiger partial charge in [0.25, 0.3) is 5.91 Å². The minimum Gasteiger partial charge on any atom is -0.481 e. The van der Waals surface area contributed by atoms with Gasteiger partial charge in [-0.25, -0.2) is 4.98 Å². The van der Waals surface area contributed by atoms with E-state index in [2.05, 4.69) is 17.2 Å². The molecule has 1 fully saturated rings. The van der Waals surface area contributed by atoms with Gasteiger partial charge in [-0.3, -0.25) is 9.59 Å². The third-order valence-corrected chi connectivity index (χ3v) is 4.73. The Morgan fingerprint density at radius 3 is 2.75 bits per heavy atom. The number of thiazole rings is 1. The zero-order chi connectivity index (χ0) is 14.6. The predicted octanol–water partition coefficient (Wildman–Crippen LogP) is 2.61. The lowest BCUT2D eigenvalue weighted by Crippen LogP contribution is -2.47. The van der Waals surface area contributed by atoms with E-state index in [0.717, 1.165) is 43.5 Å². The summed E-state index contributed by atoms with van der Waals surface area (Å²) in [5.41, 5.74) is -0.572. The largest absolute Gasteiger partial charge is 0.481 e. The number of carboxylic acid groups (broad SMARTS) is 1. The second-order valence-electron chi connectivity index (χ2n) is 5.38. The summed E-state index contributed by atoms with van der Waals surface area (Å²) in [6.07, 6.45) is 6.88. The first-order valence-corrected chi connectivity index (χ1v) is 7.85. The quantitative estimate of drug-likeness (QED) is 0.845. The van der Waals surface area contributed by atoms with Crippen molar-refractivity contribution in [1.82, 2.24) is 10.3 Å². The first-order valence-electron chi connectivity index (χ1n) is 7.04. The van der Waals surface area contributed by atoms with Crippen LogP contribution in [0.2, 0.25) is 0 Å². The number of amides is 1. The Morgan fingerprint density at radius 2 is 2.15 bits per heavy atom. The molecule has 1 heterocycles. The molecule has 0 aliphatic heterocycles. The van der Waals surface area contributed by atoms with Crippen molar-refractivity contribution in [2.45, 2.75) is 57.4 Å². The SMILES string of the molecule is CCCc1ncc(C(=O)NC2(CC(=O)O)CCCC2)s1. The first kappa shape index (κ1) is 15.0. The minimum atomic E-state index is -0.858. The third-order valence-electron chi connectivity index (χ3n) is 3.67. The summed E-state index contributed by atoms with van der Waals surface area (Å²) in [5, 5.41) is 12.9. The molecule has 1 aliphatic carbocycles. The van der Waals surface area contributed by atoms with E-state index >= 15 is 0 Å². The van der Waals surface area contributed by atoms with E-state index in [-0.39, 0.29) is 12.3 Å². The Hall–Kier alpha value is -1.43. The van der Waals surface area contributed by atoms with Gasteiger partial charge < -0.3 is 10.4 Å². The fraction of sp³-hybridized carbons (Fsp3) is 0.643. The van der Waals surface area contributed by atoms with Gasteiger partial charge in [0.1, 0.15) is 4.88 Å². The van der Waals surface area contributed by atoms with Gasteiger partial charge in [0.2, 0.25) is 0 Å². The summed E-state index contributed by atoms with van der Waals surface area (Å²) in [4.78, 5) is 28.1. The number of carboxylic acids is 1. The highest BCUT2D eigenvalue weighted by molar-refractivity contribution is 7.13. The Kier molecular flexibility index (Phi) is 4.75. The average Bonchev–Trinajstić information content (AvgIpc) is 2.98. The van der Waals surface area contributed by atoms with Crippen molar-refractivity contribution < 1.29 is 14.7 Å². The second kappa shape index (κ2) is 6.35. The number of nitrogens with zero attached hydrogens (tertiary/aromatic N) is 1. The lowest BCUT2D eigenvalue weighted by molar-refractivity contribution is -0.138. The number of carbonyl (C=O) groups is 2. The lowest BCUT2D eigenvalue weighted by atomic mass is 9.93. The summed E-state index contributed by atoms with van der Waals surface area (Å²) >= 11 is 1.40. The molecule has 0 bridgehead atoms. The molecule has 110 valence electrons. The summed E-state index contributed by atoms with van der Waals surface area (Å²) < 4.78 is 0. The highest BCUT2D eigenvalue weighted by atomic mass is 32.1. The molecule has 0 unspecified atom stereocenters. The maximum Gasteiger partial charge on any atom is 0.305 e. The molecule has 20 heavy (non-hydrogen) atoms. The fourth-order valence-corrected chi connectivity index (χ4v) is 3.65. The molecular weight excluding hydrogens is 276 g/mol. The number of hydrogen-bond acceptors (Lipinski definition) is 4. The van der Waals surface area contributed by atoms with Crippen LogP contribution in [0.4, 0.5) is 0 Å². The maximum absolute atomic E-state index is 12.3. The number of aryl methyl sites for hydroxylation is 1. The van der Waals surface area contributed by atoms with Crippen LogP contribution in [0.15, 0.2) is 6.20 Å². The highest BCUT2D eigenvalue weighted by Crippen LogP contribution is 2.33. The van der Waals surface area contributed by atoms with Crippen molar-refractivity contribution in [3.05, 3.63) is 16.1 Å². The third kappa shape index (κ3) is 3.56. The van der Waals surface area contributed by atoms with Crippen LogP contribution >= 0.6 is 11.3 Å². The van der Waals surface area contributed by atoms with E-state index in [9.17, 15) is 9.59 Å². The number of rotatable bonds is 6. The van der Waals surface area contributed by atoms with Crippen molar-refractivity contribution in [2.75, 3.05) is 0 Å². The molecule has 1 aromatic rings. The minimum absolute atomic E-state index is 0.000634. The van der Waals surface area contributed by atoms with Crippen LogP contribution < -0.4 is 5.32 Å². The molecular formula is C14H20N2O3S. The molecule has 0 saturated heterocycles. The summed E-state index contributed by atoms with van der Waals surface area (Å²) in [6.45, 7) is 2.07. The fourth-order valence-electron chi connectivity index (χ4n) is 2.73. The van der Waals surface area contributed by atoms with E-state index in [4.69, 9.17) is 5.11 Å². The smallest absolute Gasteiger partial charge is 0.305 e. The Labute approximate surface area is 122 Å². The van der Waals surface area contributed by atoms with E-state index in [1.54, 1.807) is 6.20 Å². The molecule has 2 rings (SSSR count). The molecule has 1 saturated carbocycles. The van der Waals surface area contributed by atoms with Crippen LogP contribution in [0.5, 0.6) is 0 Å². The monoisotopic (exact) mass is 296 g/mol. The average molecular weight is 296 g/mol. The number of nitrogens with one attached hydrogen (secondary N) is 1. The molecule has 0 atom stereocenters. The van der Waals surface area contributed by atoms with Gasteiger partial charge in [0.05, 0.1) is 23.2 Å². The topological polar surface area (TPSA) is 79.3 Å². The van der Waals surface area contributed by atoms with Crippen LogP contribution in [0.1, 0.15) is 60.1 Å². The summed E-state index contributed by atoms with van der Waals surface area (Å²) in [5.74, 6) is -1.05. The van der Waals surface area contributed by atoms with Crippen molar-refractivity contribution in [3.8, 4) is 0 Å². The molecule has 0 aromatic carbocycles. The summed E-state index contributed by atoms with van der Waals surface area (Å²) in [6, 6.07) is 0. The van der Waals surface area contributed by atoms with E-state index in [1.165, 1.54) is 11.3 Å². The van der Waals surface area contributed by atoms with Crippen molar-refractivity contribution in [2.24, 2.45) is 0 Å². The molecule has 6 heteroatoms. The molecule has 2 N–H and O–H groups in total. The first-order chi connectivity index (χ1) is 9.54. The Bertz CT molecular complexity index is 492. The van der Waals surface area contributed by atoms with Crippen LogP contribution in [-0.4, -0.2) is 27.5 Å². The normalized spacial score (nSPS) is 17.1. The van der Waals surface area contributed by atoms with Crippen LogP contribution in [0.3, 0.4) is 0 Å². The van der Waals surface area contributed by atoms with Crippen molar-refractivity contribution >= 4 is 23.2 Å². The van der Waals surface area contributed by atoms with Crippen LogP contribution in [0, 0.1) is 0 Å². The zero-order valence-corrected chi connectivity index (χ0v) is 12.5. The van der Waals surface area contributed by atoms with Gasteiger partial charge in [0.15, 0.2) is 0 Å². The molecule has 1 aliphatic rings.